The first-order chi connectivity index (χ1) is 15.7. The number of piperazine rings is 1. The largest absolute Gasteiger partial charge is 0.369 e. The zero-order valence-corrected chi connectivity index (χ0v) is 18.8. The number of hydrogen-bond donors (Lipinski definition) is 2. The van der Waals surface area contributed by atoms with E-state index in [0.29, 0.717) is 5.95 Å². The van der Waals surface area contributed by atoms with Gasteiger partial charge < -0.3 is 15.5 Å². The first-order valence-electron chi connectivity index (χ1n) is 12.0. The van der Waals surface area contributed by atoms with Gasteiger partial charge in [-0.1, -0.05) is 26.2 Å². The highest BCUT2D eigenvalue weighted by atomic mass is 16.1. The van der Waals surface area contributed by atoms with Crippen molar-refractivity contribution >= 4 is 28.4 Å². The molecular formula is C25H32N6O. The van der Waals surface area contributed by atoms with Crippen molar-refractivity contribution in [1.82, 2.24) is 19.9 Å². The lowest BCUT2D eigenvalue weighted by Gasteiger charge is -2.29. The maximum atomic E-state index is 13.0. The molecule has 1 aromatic carbocycles. The van der Waals surface area contributed by atoms with E-state index in [-0.39, 0.29) is 11.6 Å². The zero-order valence-electron chi connectivity index (χ0n) is 18.8. The number of hydrogen-bond acceptors (Lipinski definition) is 6. The normalized spacial score (nSPS) is 17.2. The van der Waals surface area contributed by atoms with Crippen LogP contribution in [-0.2, 0) is 6.42 Å². The predicted molar refractivity (Wildman–Crippen MR) is 130 cm³/mol. The number of pyridine rings is 1. The minimum Gasteiger partial charge on any atom is -0.369 e. The molecule has 5 rings (SSSR count). The van der Waals surface area contributed by atoms with E-state index in [2.05, 4.69) is 51.7 Å². The fourth-order valence-electron chi connectivity index (χ4n) is 5.04. The van der Waals surface area contributed by atoms with Crippen molar-refractivity contribution in [3.63, 3.8) is 0 Å². The van der Waals surface area contributed by atoms with Crippen LogP contribution in [-0.4, -0.2) is 40.7 Å². The molecule has 1 saturated heterocycles. The molecule has 2 N–H and O–H groups in total. The standard InChI is InChI=1S/C25H32N6O/c1-2-5-18-16-23(32)31(21-6-3-4-7-21)24-22(18)17-27-25(29-24)28-19-8-10-20(11-9-19)30-14-12-26-13-15-30/h8-11,16-17,21,26H,2-7,12-15H2,1H3,(H,27,28,29). The molecule has 1 aliphatic carbocycles. The molecule has 0 radical (unpaired) electrons. The smallest absolute Gasteiger partial charge is 0.252 e. The third-order valence-corrected chi connectivity index (χ3v) is 6.69. The number of benzene rings is 1. The van der Waals surface area contributed by atoms with Crippen LogP contribution in [0, 0.1) is 0 Å². The maximum Gasteiger partial charge on any atom is 0.252 e. The van der Waals surface area contributed by atoms with Gasteiger partial charge in [0.15, 0.2) is 0 Å². The molecule has 7 heteroatoms. The fraction of sp³-hybridized carbons (Fsp3) is 0.480. The van der Waals surface area contributed by atoms with Crippen LogP contribution < -0.4 is 21.1 Å². The molecule has 7 nitrogen and oxygen atoms in total. The highest BCUT2D eigenvalue weighted by Gasteiger charge is 2.22. The summed E-state index contributed by atoms with van der Waals surface area (Å²) in [5.74, 6) is 0.534. The second kappa shape index (κ2) is 9.28. The second-order valence-corrected chi connectivity index (χ2v) is 8.91. The van der Waals surface area contributed by atoms with E-state index >= 15 is 0 Å². The molecule has 0 spiro atoms. The van der Waals surface area contributed by atoms with Gasteiger partial charge in [0, 0.05) is 61.2 Å². The molecule has 0 unspecified atom stereocenters. The second-order valence-electron chi connectivity index (χ2n) is 8.91. The van der Waals surface area contributed by atoms with E-state index in [9.17, 15) is 4.79 Å². The van der Waals surface area contributed by atoms with E-state index in [1.165, 1.54) is 18.5 Å². The molecule has 0 bridgehead atoms. The van der Waals surface area contributed by atoms with Crippen LogP contribution in [0.5, 0.6) is 0 Å². The molecular weight excluding hydrogens is 400 g/mol. The summed E-state index contributed by atoms with van der Waals surface area (Å²) in [4.78, 5) is 24.9. The quantitative estimate of drug-likeness (QED) is 0.613. The van der Waals surface area contributed by atoms with E-state index < -0.39 is 0 Å². The van der Waals surface area contributed by atoms with E-state index in [4.69, 9.17) is 4.98 Å². The third kappa shape index (κ3) is 4.21. The van der Waals surface area contributed by atoms with Crippen LogP contribution >= 0.6 is 0 Å². The van der Waals surface area contributed by atoms with Gasteiger partial charge in [0.25, 0.3) is 5.56 Å². The molecule has 168 valence electrons. The Morgan fingerprint density at radius 2 is 1.88 bits per heavy atom. The summed E-state index contributed by atoms with van der Waals surface area (Å²) in [7, 11) is 0. The van der Waals surface area contributed by atoms with Crippen molar-refractivity contribution in [3.8, 4) is 0 Å². The molecule has 3 aromatic rings. The van der Waals surface area contributed by atoms with Crippen LogP contribution in [0.2, 0.25) is 0 Å². The van der Waals surface area contributed by atoms with E-state index in [0.717, 1.165) is 74.1 Å². The van der Waals surface area contributed by atoms with E-state index in [1.54, 1.807) is 6.07 Å². The summed E-state index contributed by atoms with van der Waals surface area (Å²) < 4.78 is 1.92. The van der Waals surface area contributed by atoms with Crippen molar-refractivity contribution in [3.05, 3.63) is 52.4 Å². The molecule has 2 aromatic heterocycles. The Morgan fingerprint density at radius 3 is 2.59 bits per heavy atom. The summed E-state index contributed by atoms with van der Waals surface area (Å²) in [5.41, 5.74) is 4.06. The van der Waals surface area contributed by atoms with Gasteiger partial charge in [-0.25, -0.2) is 4.98 Å². The van der Waals surface area contributed by atoms with Crippen LogP contribution in [0.4, 0.5) is 17.3 Å². The molecule has 0 amide bonds. The van der Waals surface area contributed by atoms with Crippen molar-refractivity contribution in [2.45, 2.75) is 51.5 Å². The minimum atomic E-state index is 0.0675. The van der Waals surface area contributed by atoms with Crippen molar-refractivity contribution in [2.24, 2.45) is 0 Å². The number of aromatic nitrogens is 3. The molecule has 2 aliphatic rings. The number of nitrogens with zero attached hydrogens (tertiary/aromatic N) is 4. The van der Waals surface area contributed by atoms with Crippen molar-refractivity contribution < 1.29 is 0 Å². The Kier molecular flexibility index (Phi) is 6.08. The SMILES string of the molecule is CCCc1cc(=O)n(C2CCCC2)c2nc(Nc3ccc(N4CCNCC4)cc3)ncc12. The molecule has 3 heterocycles. The van der Waals surface area contributed by atoms with Gasteiger partial charge in [0.2, 0.25) is 5.95 Å². The first-order valence-corrected chi connectivity index (χ1v) is 12.0. The van der Waals surface area contributed by atoms with Crippen LogP contribution in [0.15, 0.2) is 41.3 Å². The fourth-order valence-corrected chi connectivity index (χ4v) is 5.04. The highest BCUT2D eigenvalue weighted by Crippen LogP contribution is 2.31. The van der Waals surface area contributed by atoms with E-state index in [1.807, 2.05) is 10.8 Å². The minimum absolute atomic E-state index is 0.0675. The number of anilines is 3. The first kappa shape index (κ1) is 20.9. The lowest BCUT2D eigenvalue weighted by molar-refractivity contribution is 0.515. The van der Waals surface area contributed by atoms with Gasteiger partial charge in [0.1, 0.15) is 5.65 Å². The van der Waals surface area contributed by atoms with Crippen LogP contribution in [0.25, 0.3) is 11.0 Å². The monoisotopic (exact) mass is 432 g/mol. The number of fused-ring (bicyclic) bond motifs is 1. The summed E-state index contributed by atoms with van der Waals surface area (Å²) in [6.45, 7) is 6.23. The number of nitrogens with one attached hydrogen (secondary N) is 2. The Morgan fingerprint density at radius 1 is 1.12 bits per heavy atom. The Hall–Kier alpha value is -2.93. The van der Waals surface area contributed by atoms with Gasteiger partial charge in [-0.3, -0.25) is 9.36 Å². The molecule has 32 heavy (non-hydrogen) atoms. The summed E-state index contributed by atoms with van der Waals surface area (Å²) in [5, 5.41) is 7.73. The van der Waals surface area contributed by atoms with Gasteiger partial charge >= 0.3 is 0 Å². The van der Waals surface area contributed by atoms with Gasteiger partial charge in [-0.2, -0.15) is 4.98 Å². The topological polar surface area (TPSA) is 75.1 Å². The van der Waals surface area contributed by atoms with Crippen molar-refractivity contribution in [1.29, 1.82) is 0 Å². The molecule has 1 aliphatic heterocycles. The average Bonchev–Trinajstić information content (AvgIpc) is 3.35. The molecule has 0 atom stereocenters. The highest BCUT2D eigenvalue weighted by molar-refractivity contribution is 5.80. The van der Waals surface area contributed by atoms with Crippen LogP contribution in [0.3, 0.4) is 0 Å². The summed E-state index contributed by atoms with van der Waals surface area (Å²) in [6, 6.07) is 10.5. The predicted octanol–water partition coefficient (Wildman–Crippen LogP) is 4.01. The van der Waals surface area contributed by atoms with Gasteiger partial charge in [0.05, 0.1) is 0 Å². The lowest BCUT2D eigenvalue weighted by Crippen LogP contribution is -2.43. The zero-order chi connectivity index (χ0) is 21.9. The number of rotatable bonds is 6. The van der Waals surface area contributed by atoms with Gasteiger partial charge in [-0.15, -0.1) is 0 Å². The van der Waals surface area contributed by atoms with Crippen molar-refractivity contribution in [2.75, 3.05) is 36.4 Å². The van der Waals surface area contributed by atoms with Gasteiger partial charge in [-0.05, 0) is 49.1 Å². The Bertz CT molecular complexity index is 1130. The summed E-state index contributed by atoms with van der Waals surface area (Å²) in [6.07, 6.45) is 8.17. The molecule has 2 fully saturated rings. The third-order valence-electron chi connectivity index (χ3n) is 6.69. The maximum absolute atomic E-state index is 13.0. The lowest BCUT2D eigenvalue weighted by atomic mass is 10.1. The average molecular weight is 433 g/mol. The Balaban J connectivity index is 1.46. The van der Waals surface area contributed by atoms with Crippen LogP contribution in [0.1, 0.15) is 50.6 Å². The summed E-state index contributed by atoms with van der Waals surface area (Å²) >= 11 is 0. The Labute approximate surface area is 188 Å². The molecule has 1 saturated carbocycles. The number of aryl methyl sites for hydroxylation is 1.